The maximum Gasteiger partial charge on any atom is 0.263 e. The zero-order chi connectivity index (χ0) is 23.6. The van der Waals surface area contributed by atoms with Crippen molar-refractivity contribution < 1.29 is 22.7 Å². The average molecular weight is 487 g/mol. The zero-order valence-corrected chi connectivity index (χ0v) is 19.7. The van der Waals surface area contributed by atoms with Crippen LogP contribution in [0.3, 0.4) is 0 Å². The monoisotopic (exact) mass is 486 g/mol. The van der Waals surface area contributed by atoms with Gasteiger partial charge in [-0.25, -0.2) is 8.42 Å². The number of benzene rings is 3. The summed E-state index contributed by atoms with van der Waals surface area (Å²) in [6.45, 7) is 4.20. The second kappa shape index (κ2) is 9.33. The first-order valence-electron chi connectivity index (χ1n) is 10.3. The zero-order valence-electron chi connectivity index (χ0n) is 18.1. The molecular formula is C24H23ClN2O5S. The van der Waals surface area contributed by atoms with Crippen LogP contribution in [0.25, 0.3) is 0 Å². The van der Waals surface area contributed by atoms with E-state index in [-0.39, 0.29) is 34.7 Å². The molecule has 1 aliphatic heterocycles. The van der Waals surface area contributed by atoms with Crippen LogP contribution in [0.5, 0.6) is 11.5 Å². The number of amides is 1. The third kappa shape index (κ3) is 5.07. The number of carbonyl (C=O) groups excluding carboxylic acids is 1. The largest absolute Gasteiger partial charge is 0.486 e. The van der Waals surface area contributed by atoms with Crippen molar-refractivity contribution in [1.29, 1.82) is 0 Å². The lowest BCUT2D eigenvalue weighted by Gasteiger charge is -2.26. The van der Waals surface area contributed by atoms with E-state index in [0.717, 1.165) is 11.1 Å². The Morgan fingerprint density at radius 1 is 1.06 bits per heavy atom. The van der Waals surface area contributed by atoms with Gasteiger partial charge >= 0.3 is 0 Å². The van der Waals surface area contributed by atoms with Crippen molar-refractivity contribution >= 4 is 33.2 Å². The van der Waals surface area contributed by atoms with Crippen LogP contribution >= 0.6 is 11.6 Å². The Kier molecular flexibility index (Phi) is 6.49. The molecule has 1 heterocycles. The topological polar surface area (TPSA) is 93.7 Å². The normalized spacial score (nSPS) is 15.1. The number of nitrogens with one attached hydrogen (secondary N) is 2. The van der Waals surface area contributed by atoms with Crippen molar-refractivity contribution in [3.63, 3.8) is 0 Å². The van der Waals surface area contributed by atoms with Gasteiger partial charge in [0.15, 0.2) is 11.5 Å². The van der Waals surface area contributed by atoms with Crippen LogP contribution in [-0.2, 0) is 10.0 Å². The minimum Gasteiger partial charge on any atom is -0.486 e. The van der Waals surface area contributed by atoms with E-state index in [1.54, 1.807) is 18.2 Å². The van der Waals surface area contributed by atoms with Gasteiger partial charge in [0.2, 0.25) is 0 Å². The summed E-state index contributed by atoms with van der Waals surface area (Å²) in [5.41, 5.74) is 2.38. The van der Waals surface area contributed by atoms with E-state index < -0.39 is 15.9 Å². The van der Waals surface area contributed by atoms with Gasteiger partial charge in [0.25, 0.3) is 15.9 Å². The molecule has 0 spiro atoms. The van der Waals surface area contributed by atoms with E-state index >= 15 is 0 Å². The van der Waals surface area contributed by atoms with Gasteiger partial charge in [0.05, 0.1) is 17.3 Å². The van der Waals surface area contributed by atoms with Gasteiger partial charge in [-0.2, -0.15) is 0 Å². The summed E-state index contributed by atoms with van der Waals surface area (Å²) in [4.78, 5) is 12.5. The molecule has 4 rings (SSSR count). The molecule has 0 saturated heterocycles. The second-order valence-corrected chi connectivity index (χ2v) is 9.76. The van der Waals surface area contributed by atoms with Crippen molar-refractivity contribution in [2.45, 2.75) is 24.8 Å². The summed E-state index contributed by atoms with van der Waals surface area (Å²) < 4.78 is 40.1. The maximum absolute atomic E-state index is 13.0. The summed E-state index contributed by atoms with van der Waals surface area (Å²) in [5, 5.41) is 2.78. The highest BCUT2D eigenvalue weighted by Crippen LogP contribution is 2.31. The van der Waals surface area contributed by atoms with Crippen LogP contribution in [-0.4, -0.2) is 33.6 Å². The number of fused-ring (bicyclic) bond motifs is 1. The molecule has 0 aliphatic carbocycles. The summed E-state index contributed by atoms with van der Waals surface area (Å²) >= 11 is 6.18. The van der Waals surface area contributed by atoms with Gasteiger partial charge in [-0.1, -0.05) is 35.9 Å². The highest BCUT2D eigenvalue weighted by Gasteiger charge is 2.24. The minimum atomic E-state index is -4.01. The number of aryl methyl sites for hydroxylation is 1. The Bertz CT molecular complexity index is 1310. The van der Waals surface area contributed by atoms with Gasteiger partial charge in [0, 0.05) is 5.56 Å². The average Bonchev–Trinajstić information content (AvgIpc) is 2.80. The van der Waals surface area contributed by atoms with Crippen LogP contribution in [0, 0.1) is 13.8 Å². The number of para-hydroxylation sites is 2. The summed E-state index contributed by atoms with van der Waals surface area (Å²) in [7, 11) is -4.01. The highest BCUT2D eigenvalue weighted by atomic mass is 35.5. The highest BCUT2D eigenvalue weighted by molar-refractivity contribution is 7.92. The summed E-state index contributed by atoms with van der Waals surface area (Å²) in [6, 6.07) is 16.8. The first-order valence-corrected chi connectivity index (χ1v) is 12.2. The predicted molar refractivity (Wildman–Crippen MR) is 127 cm³/mol. The molecule has 0 saturated carbocycles. The predicted octanol–water partition coefficient (Wildman–Crippen LogP) is 4.33. The third-order valence-electron chi connectivity index (χ3n) is 5.39. The van der Waals surface area contributed by atoms with Gasteiger partial charge in [-0.3, -0.25) is 9.52 Å². The molecule has 1 amide bonds. The molecule has 0 fully saturated rings. The molecule has 1 aliphatic rings. The molecule has 7 nitrogen and oxygen atoms in total. The van der Waals surface area contributed by atoms with Gasteiger partial charge in [0.1, 0.15) is 17.6 Å². The molecule has 0 bridgehead atoms. The number of ether oxygens (including phenoxy) is 2. The fourth-order valence-electron chi connectivity index (χ4n) is 3.38. The van der Waals surface area contributed by atoms with Crippen LogP contribution < -0.4 is 19.5 Å². The van der Waals surface area contributed by atoms with Gasteiger partial charge in [-0.15, -0.1) is 0 Å². The minimum absolute atomic E-state index is 0.0185. The number of sulfonamides is 1. The van der Waals surface area contributed by atoms with Crippen molar-refractivity contribution in [3.05, 3.63) is 82.4 Å². The molecule has 0 radical (unpaired) electrons. The van der Waals surface area contributed by atoms with Crippen LogP contribution in [0.15, 0.2) is 65.6 Å². The Balaban J connectivity index is 1.47. The Labute approximate surface area is 197 Å². The number of rotatable bonds is 6. The van der Waals surface area contributed by atoms with Crippen molar-refractivity contribution in [1.82, 2.24) is 5.32 Å². The Morgan fingerprint density at radius 2 is 1.82 bits per heavy atom. The smallest absolute Gasteiger partial charge is 0.263 e. The maximum atomic E-state index is 13.0. The number of carbonyl (C=O) groups is 1. The summed E-state index contributed by atoms with van der Waals surface area (Å²) in [5.74, 6) is 0.821. The molecule has 0 aromatic heterocycles. The first-order chi connectivity index (χ1) is 15.7. The molecule has 2 N–H and O–H groups in total. The molecule has 3 aromatic carbocycles. The van der Waals surface area contributed by atoms with Crippen molar-refractivity contribution in [2.75, 3.05) is 17.9 Å². The number of halogens is 1. The molecular weight excluding hydrogens is 464 g/mol. The quantitative estimate of drug-likeness (QED) is 0.541. The Hall–Kier alpha value is -3.23. The lowest BCUT2D eigenvalue weighted by molar-refractivity contribution is 0.0789. The molecule has 9 heteroatoms. The molecule has 0 unspecified atom stereocenters. The van der Waals surface area contributed by atoms with Crippen LogP contribution in [0.4, 0.5) is 5.69 Å². The third-order valence-corrected chi connectivity index (χ3v) is 7.24. The van der Waals surface area contributed by atoms with E-state index in [4.69, 9.17) is 21.1 Å². The molecule has 172 valence electrons. The van der Waals surface area contributed by atoms with E-state index in [1.807, 2.05) is 38.1 Å². The second-order valence-electron chi connectivity index (χ2n) is 7.71. The molecule has 3 aromatic rings. The Morgan fingerprint density at radius 3 is 2.61 bits per heavy atom. The number of hydrogen-bond acceptors (Lipinski definition) is 5. The van der Waals surface area contributed by atoms with Crippen LogP contribution in [0.2, 0.25) is 5.02 Å². The SMILES string of the molecule is Cc1cccc(NS(=O)(=O)c2cc(C(=O)NC[C@@H]3COc4ccccc4O3)ccc2Cl)c1C. The number of anilines is 1. The van der Waals surface area contributed by atoms with E-state index in [9.17, 15) is 13.2 Å². The summed E-state index contributed by atoms with van der Waals surface area (Å²) in [6.07, 6.45) is -0.370. The van der Waals surface area contributed by atoms with E-state index in [1.165, 1.54) is 18.2 Å². The first kappa shape index (κ1) is 22.9. The van der Waals surface area contributed by atoms with E-state index in [0.29, 0.717) is 17.2 Å². The van der Waals surface area contributed by atoms with Crippen LogP contribution in [0.1, 0.15) is 21.5 Å². The van der Waals surface area contributed by atoms with Crippen molar-refractivity contribution in [3.8, 4) is 11.5 Å². The van der Waals surface area contributed by atoms with E-state index in [2.05, 4.69) is 10.0 Å². The fourth-order valence-corrected chi connectivity index (χ4v) is 5.03. The molecule has 1 atom stereocenters. The van der Waals surface area contributed by atoms with Gasteiger partial charge in [-0.05, 0) is 61.4 Å². The van der Waals surface area contributed by atoms with Gasteiger partial charge < -0.3 is 14.8 Å². The lowest BCUT2D eigenvalue weighted by atomic mass is 10.1. The molecule has 33 heavy (non-hydrogen) atoms. The lowest BCUT2D eigenvalue weighted by Crippen LogP contribution is -2.40. The number of hydrogen-bond donors (Lipinski definition) is 2. The van der Waals surface area contributed by atoms with Crippen molar-refractivity contribution in [2.24, 2.45) is 0 Å². The fraction of sp³-hybridized carbons (Fsp3) is 0.208. The standard InChI is InChI=1S/C24H23ClN2O5S/c1-15-6-5-7-20(16(15)2)27-33(29,30)23-12-17(10-11-19(23)25)24(28)26-13-18-14-31-21-8-3-4-9-22(21)32-18/h3-12,18,27H,13-14H2,1-2H3,(H,26,28)/t18-/m1/s1.